The molecule has 2 fully saturated rings. The molecule has 2 amide bonds. The second kappa shape index (κ2) is 6.18. The van der Waals surface area contributed by atoms with E-state index in [2.05, 4.69) is 0 Å². The third kappa shape index (κ3) is 2.64. The molecule has 5 rings (SSSR count). The van der Waals surface area contributed by atoms with Crippen LogP contribution >= 0.6 is 0 Å². The maximum Gasteiger partial charge on any atom is 0.261 e. The van der Waals surface area contributed by atoms with Gasteiger partial charge in [-0.3, -0.25) is 19.0 Å². The van der Waals surface area contributed by atoms with Gasteiger partial charge in [0.15, 0.2) is 0 Å². The summed E-state index contributed by atoms with van der Waals surface area (Å²) in [5, 5.41) is 0.625. The van der Waals surface area contributed by atoms with Crippen molar-refractivity contribution in [2.75, 3.05) is 13.1 Å². The molecule has 0 aliphatic carbocycles. The van der Waals surface area contributed by atoms with Gasteiger partial charge in [0.2, 0.25) is 11.8 Å². The molecule has 7 heteroatoms. The van der Waals surface area contributed by atoms with Crippen molar-refractivity contribution in [1.29, 1.82) is 0 Å². The molecule has 1 aromatic carbocycles. The minimum Gasteiger partial charge on any atom is -0.333 e. The number of carbonyl (C=O) groups is 2. The highest BCUT2D eigenvalue weighted by Gasteiger charge is 2.41. The normalized spacial score (nSPS) is 24.4. The van der Waals surface area contributed by atoms with Crippen molar-refractivity contribution < 1.29 is 9.59 Å². The Bertz CT molecular complexity index is 998. The number of hydrogen-bond acceptors (Lipinski definition) is 4. The monoisotopic (exact) mass is 366 g/mol. The number of hydrogen-bond donors (Lipinski definition) is 0. The zero-order chi connectivity index (χ0) is 18.5. The quantitative estimate of drug-likeness (QED) is 0.793. The SMILES string of the molecule is O=C1CCCN1CC(=O)N1[C@@H]2CC[C@@H]1Cn1c(nc3ccccc3c1=O)C2. The van der Waals surface area contributed by atoms with Gasteiger partial charge in [-0.15, -0.1) is 0 Å². The van der Waals surface area contributed by atoms with Crippen LogP contribution in [0, 0.1) is 0 Å². The van der Waals surface area contributed by atoms with Gasteiger partial charge < -0.3 is 9.80 Å². The lowest BCUT2D eigenvalue weighted by molar-refractivity contribution is -0.140. The predicted octanol–water partition coefficient (Wildman–Crippen LogP) is 0.935. The van der Waals surface area contributed by atoms with E-state index in [0.717, 1.165) is 25.1 Å². The van der Waals surface area contributed by atoms with E-state index in [1.165, 1.54) is 0 Å². The Morgan fingerprint density at radius 3 is 2.78 bits per heavy atom. The summed E-state index contributed by atoms with van der Waals surface area (Å²) in [6.07, 6.45) is 3.78. The lowest BCUT2D eigenvalue weighted by Crippen LogP contribution is -2.47. The van der Waals surface area contributed by atoms with Gasteiger partial charge in [0.25, 0.3) is 5.56 Å². The van der Waals surface area contributed by atoms with Crippen LogP contribution < -0.4 is 5.56 Å². The fraction of sp³-hybridized carbons (Fsp3) is 0.500. The van der Waals surface area contributed by atoms with Crippen molar-refractivity contribution in [2.45, 2.75) is 50.7 Å². The van der Waals surface area contributed by atoms with Crippen molar-refractivity contribution in [2.24, 2.45) is 0 Å². The minimum absolute atomic E-state index is 0.00196. The molecule has 0 N–H and O–H groups in total. The van der Waals surface area contributed by atoms with Crippen molar-refractivity contribution in [1.82, 2.24) is 19.4 Å². The Kier molecular flexibility index (Phi) is 3.77. The van der Waals surface area contributed by atoms with E-state index >= 15 is 0 Å². The van der Waals surface area contributed by atoms with Gasteiger partial charge in [0.1, 0.15) is 5.82 Å². The molecule has 27 heavy (non-hydrogen) atoms. The van der Waals surface area contributed by atoms with E-state index in [0.29, 0.717) is 36.8 Å². The van der Waals surface area contributed by atoms with Crippen LogP contribution in [-0.4, -0.2) is 56.3 Å². The molecule has 2 aromatic rings. The Balaban J connectivity index is 1.47. The summed E-state index contributed by atoms with van der Waals surface area (Å²) in [5.41, 5.74) is 0.692. The third-order valence-electron chi connectivity index (χ3n) is 6.16. The molecule has 3 aliphatic rings. The molecule has 0 saturated carbocycles. The number of amides is 2. The minimum atomic E-state index is -0.0229. The van der Waals surface area contributed by atoms with Crippen LogP contribution in [0.1, 0.15) is 31.5 Å². The lowest BCUT2D eigenvalue weighted by atomic mass is 10.1. The number of carbonyl (C=O) groups excluding carboxylic acids is 2. The summed E-state index contributed by atoms with van der Waals surface area (Å²) in [6, 6.07) is 7.47. The fourth-order valence-electron chi connectivity index (χ4n) is 4.84. The van der Waals surface area contributed by atoms with Crippen molar-refractivity contribution in [3.63, 3.8) is 0 Å². The number of likely N-dealkylation sites (tertiary alicyclic amines) is 1. The summed E-state index contributed by atoms with van der Waals surface area (Å²) >= 11 is 0. The van der Waals surface area contributed by atoms with Gasteiger partial charge in [-0.05, 0) is 31.4 Å². The van der Waals surface area contributed by atoms with Gasteiger partial charge in [-0.1, -0.05) is 12.1 Å². The van der Waals surface area contributed by atoms with E-state index in [1.807, 2.05) is 29.2 Å². The molecule has 3 aliphatic heterocycles. The summed E-state index contributed by atoms with van der Waals surface area (Å²) in [5.74, 6) is 0.835. The van der Waals surface area contributed by atoms with Gasteiger partial charge in [0.05, 0.1) is 23.5 Å². The average molecular weight is 366 g/mol. The van der Waals surface area contributed by atoms with Crippen LogP contribution in [0.2, 0.25) is 0 Å². The van der Waals surface area contributed by atoms with Crippen LogP contribution in [0.5, 0.6) is 0 Å². The molecule has 0 spiro atoms. The van der Waals surface area contributed by atoms with E-state index < -0.39 is 0 Å². The highest BCUT2D eigenvalue weighted by atomic mass is 16.2. The van der Waals surface area contributed by atoms with Crippen molar-refractivity contribution in [3.8, 4) is 0 Å². The molecular formula is C20H22N4O3. The molecule has 2 atom stereocenters. The molecule has 140 valence electrons. The predicted molar refractivity (Wildman–Crippen MR) is 99.2 cm³/mol. The molecule has 1 aromatic heterocycles. The van der Waals surface area contributed by atoms with E-state index in [-0.39, 0.29) is 36.0 Å². The van der Waals surface area contributed by atoms with E-state index in [1.54, 1.807) is 9.47 Å². The molecule has 2 bridgehead atoms. The van der Waals surface area contributed by atoms with Crippen LogP contribution in [0.25, 0.3) is 10.9 Å². The fourth-order valence-corrected chi connectivity index (χ4v) is 4.84. The molecule has 0 unspecified atom stereocenters. The molecule has 7 nitrogen and oxygen atoms in total. The molecule has 4 heterocycles. The van der Waals surface area contributed by atoms with Crippen LogP contribution in [0.4, 0.5) is 0 Å². The average Bonchev–Trinajstić information content (AvgIpc) is 3.18. The number of fused-ring (bicyclic) bond motifs is 4. The largest absolute Gasteiger partial charge is 0.333 e. The Labute approximate surface area is 156 Å². The third-order valence-corrected chi connectivity index (χ3v) is 6.16. The number of rotatable bonds is 2. The summed E-state index contributed by atoms with van der Waals surface area (Å²) in [7, 11) is 0. The van der Waals surface area contributed by atoms with Gasteiger partial charge in [-0.25, -0.2) is 4.98 Å². The first-order chi connectivity index (χ1) is 13.1. The number of para-hydroxylation sites is 1. The Morgan fingerprint density at radius 1 is 1.15 bits per heavy atom. The summed E-state index contributed by atoms with van der Waals surface area (Å²) in [6.45, 7) is 1.31. The number of aromatic nitrogens is 2. The first kappa shape index (κ1) is 16.5. The topological polar surface area (TPSA) is 75.5 Å². The number of benzene rings is 1. The van der Waals surface area contributed by atoms with E-state index in [9.17, 15) is 14.4 Å². The summed E-state index contributed by atoms with van der Waals surface area (Å²) in [4.78, 5) is 46.2. The first-order valence-corrected chi connectivity index (χ1v) is 9.69. The van der Waals surface area contributed by atoms with Gasteiger partial charge >= 0.3 is 0 Å². The van der Waals surface area contributed by atoms with E-state index in [4.69, 9.17) is 4.98 Å². The summed E-state index contributed by atoms with van der Waals surface area (Å²) < 4.78 is 1.76. The maximum absolute atomic E-state index is 13.0. The Hall–Kier alpha value is -2.70. The second-order valence-electron chi connectivity index (χ2n) is 7.77. The van der Waals surface area contributed by atoms with Crippen LogP contribution in [0.15, 0.2) is 29.1 Å². The van der Waals surface area contributed by atoms with Crippen molar-refractivity contribution >= 4 is 22.7 Å². The lowest BCUT2D eigenvalue weighted by Gasteiger charge is -2.29. The van der Waals surface area contributed by atoms with Crippen molar-refractivity contribution in [3.05, 3.63) is 40.4 Å². The second-order valence-corrected chi connectivity index (χ2v) is 7.77. The molecular weight excluding hydrogens is 344 g/mol. The molecule has 2 saturated heterocycles. The van der Waals surface area contributed by atoms with Gasteiger partial charge in [0, 0.05) is 32.0 Å². The standard InChI is InChI=1S/C20H22N4O3/c25-18-6-3-9-22(18)12-19(26)24-13-7-8-14(24)11-23-17(10-13)21-16-5-2-1-4-15(16)20(23)27/h1-2,4-5,13-14H,3,6-12H2/t13-,14-/m1/s1. The highest BCUT2D eigenvalue weighted by molar-refractivity contribution is 5.86. The smallest absolute Gasteiger partial charge is 0.261 e. The van der Waals surface area contributed by atoms with Crippen LogP contribution in [0.3, 0.4) is 0 Å². The molecule has 0 radical (unpaired) electrons. The number of nitrogens with zero attached hydrogens (tertiary/aromatic N) is 4. The first-order valence-electron chi connectivity index (χ1n) is 9.69. The highest BCUT2D eigenvalue weighted by Crippen LogP contribution is 2.31. The Morgan fingerprint density at radius 2 is 1.96 bits per heavy atom. The maximum atomic E-state index is 13.0. The zero-order valence-corrected chi connectivity index (χ0v) is 15.1. The van der Waals surface area contributed by atoms with Gasteiger partial charge in [-0.2, -0.15) is 0 Å². The zero-order valence-electron chi connectivity index (χ0n) is 15.1. The van der Waals surface area contributed by atoms with Crippen LogP contribution in [-0.2, 0) is 22.6 Å².